The van der Waals surface area contributed by atoms with Crippen molar-refractivity contribution < 1.29 is 10.2 Å². The molecule has 1 aromatic heterocycles. The Bertz CT molecular complexity index is 327. The Morgan fingerprint density at radius 2 is 2.13 bits per heavy atom. The van der Waals surface area contributed by atoms with Gasteiger partial charge in [-0.2, -0.15) is 0 Å². The van der Waals surface area contributed by atoms with Crippen molar-refractivity contribution in [3.63, 3.8) is 0 Å². The summed E-state index contributed by atoms with van der Waals surface area (Å²) in [6, 6.07) is 3.71. The van der Waals surface area contributed by atoms with Crippen LogP contribution in [0.3, 0.4) is 0 Å². The van der Waals surface area contributed by atoms with E-state index in [1.54, 1.807) is 12.3 Å². The molecule has 82 valence electrons. The number of aliphatic hydroxyl groups is 2. The third kappa shape index (κ3) is 2.36. The molecule has 3 heteroatoms. The quantitative estimate of drug-likeness (QED) is 0.774. The highest BCUT2D eigenvalue weighted by Gasteiger charge is 2.25. The fourth-order valence-corrected chi connectivity index (χ4v) is 2.25. The molecule has 3 nitrogen and oxygen atoms in total. The van der Waals surface area contributed by atoms with Crippen LogP contribution < -0.4 is 0 Å². The number of aliphatic hydroxyl groups excluding tert-OH is 2. The normalized spacial score (nSPS) is 26.5. The third-order valence-electron chi connectivity index (χ3n) is 3.14. The van der Waals surface area contributed by atoms with Crippen LogP contribution in [0.4, 0.5) is 0 Å². The summed E-state index contributed by atoms with van der Waals surface area (Å²) in [6.07, 6.45) is 5.59. The van der Waals surface area contributed by atoms with Crippen LogP contribution in [0.5, 0.6) is 0 Å². The third-order valence-corrected chi connectivity index (χ3v) is 3.14. The van der Waals surface area contributed by atoms with Gasteiger partial charge in [0.2, 0.25) is 0 Å². The second-order valence-corrected chi connectivity index (χ2v) is 4.21. The Balaban J connectivity index is 2.19. The molecular formula is C12H17NO2. The van der Waals surface area contributed by atoms with Crippen LogP contribution in [0, 0.1) is 0 Å². The predicted molar refractivity (Wildman–Crippen MR) is 57.4 cm³/mol. The molecule has 0 aliphatic heterocycles. The largest absolute Gasteiger partial charge is 0.392 e. The summed E-state index contributed by atoms with van der Waals surface area (Å²) in [4.78, 5) is 4.29. The highest BCUT2D eigenvalue weighted by atomic mass is 16.3. The number of hydrogen-bond donors (Lipinski definition) is 2. The van der Waals surface area contributed by atoms with Gasteiger partial charge in [-0.3, -0.25) is 4.98 Å². The van der Waals surface area contributed by atoms with Crippen molar-refractivity contribution in [2.24, 2.45) is 0 Å². The number of aromatic nitrogens is 1. The average molecular weight is 207 g/mol. The maximum atomic E-state index is 9.88. The molecule has 2 atom stereocenters. The summed E-state index contributed by atoms with van der Waals surface area (Å²) in [7, 11) is 0. The standard InChI is InChI=1S/C12H17NO2/c14-8-9-5-6-13-11(7-9)10-3-1-2-4-12(10)15/h5-7,10,12,14-15H,1-4,8H2. The molecule has 1 heterocycles. The van der Waals surface area contributed by atoms with E-state index in [2.05, 4.69) is 4.98 Å². The summed E-state index contributed by atoms with van der Waals surface area (Å²) < 4.78 is 0. The second-order valence-electron chi connectivity index (χ2n) is 4.21. The lowest BCUT2D eigenvalue weighted by Crippen LogP contribution is -2.23. The Kier molecular flexibility index (Phi) is 3.34. The van der Waals surface area contributed by atoms with E-state index in [1.165, 1.54) is 0 Å². The van der Waals surface area contributed by atoms with Gasteiger partial charge in [-0.25, -0.2) is 0 Å². The molecule has 0 spiro atoms. The molecule has 1 saturated carbocycles. The van der Waals surface area contributed by atoms with Crippen LogP contribution in [0.1, 0.15) is 42.9 Å². The number of hydrogen-bond acceptors (Lipinski definition) is 3. The first-order valence-corrected chi connectivity index (χ1v) is 5.55. The molecule has 0 saturated heterocycles. The summed E-state index contributed by atoms with van der Waals surface area (Å²) in [5.41, 5.74) is 1.80. The van der Waals surface area contributed by atoms with Crippen LogP contribution in [-0.2, 0) is 6.61 Å². The maximum Gasteiger partial charge on any atom is 0.0683 e. The monoisotopic (exact) mass is 207 g/mol. The van der Waals surface area contributed by atoms with Gasteiger partial charge in [0.15, 0.2) is 0 Å². The van der Waals surface area contributed by atoms with Gasteiger partial charge < -0.3 is 10.2 Å². The maximum absolute atomic E-state index is 9.88. The first-order valence-electron chi connectivity index (χ1n) is 5.55. The van der Waals surface area contributed by atoms with E-state index >= 15 is 0 Å². The first kappa shape index (κ1) is 10.6. The Labute approximate surface area is 89.8 Å². The van der Waals surface area contributed by atoms with E-state index < -0.39 is 0 Å². The summed E-state index contributed by atoms with van der Waals surface area (Å²) >= 11 is 0. The van der Waals surface area contributed by atoms with Crippen LogP contribution in [-0.4, -0.2) is 21.3 Å². The minimum atomic E-state index is -0.264. The smallest absolute Gasteiger partial charge is 0.0683 e. The molecule has 0 amide bonds. The van der Waals surface area contributed by atoms with Crippen molar-refractivity contribution >= 4 is 0 Å². The van der Waals surface area contributed by atoms with E-state index in [-0.39, 0.29) is 18.6 Å². The molecule has 2 N–H and O–H groups in total. The summed E-state index contributed by atoms with van der Waals surface area (Å²) in [6.45, 7) is 0.0400. The van der Waals surface area contributed by atoms with Gasteiger partial charge >= 0.3 is 0 Å². The van der Waals surface area contributed by atoms with Crippen molar-refractivity contribution in [1.82, 2.24) is 4.98 Å². The summed E-state index contributed by atoms with van der Waals surface area (Å²) in [5, 5.41) is 18.9. The Hall–Kier alpha value is -0.930. The van der Waals surface area contributed by atoms with Gasteiger partial charge in [-0.1, -0.05) is 12.8 Å². The lowest BCUT2D eigenvalue weighted by molar-refractivity contribution is 0.104. The van der Waals surface area contributed by atoms with Crippen molar-refractivity contribution in [3.05, 3.63) is 29.6 Å². The number of rotatable bonds is 2. The lowest BCUT2D eigenvalue weighted by Gasteiger charge is -2.27. The van der Waals surface area contributed by atoms with Gasteiger partial charge in [0.05, 0.1) is 12.7 Å². The molecule has 1 fully saturated rings. The van der Waals surface area contributed by atoms with Crippen LogP contribution in [0.25, 0.3) is 0 Å². The Morgan fingerprint density at radius 3 is 2.87 bits per heavy atom. The zero-order valence-electron chi connectivity index (χ0n) is 8.76. The molecule has 0 aromatic carbocycles. The second kappa shape index (κ2) is 4.73. The van der Waals surface area contributed by atoms with Gasteiger partial charge in [-0.15, -0.1) is 0 Å². The molecule has 0 radical (unpaired) electrons. The fourth-order valence-electron chi connectivity index (χ4n) is 2.25. The van der Waals surface area contributed by atoms with Crippen molar-refractivity contribution in [1.29, 1.82) is 0 Å². The molecule has 1 aliphatic carbocycles. The van der Waals surface area contributed by atoms with E-state index in [1.807, 2.05) is 6.07 Å². The van der Waals surface area contributed by atoms with Gasteiger partial charge in [0.1, 0.15) is 0 Å². The van der Waals surface area contributed by atoms with E-state index in [0.29, 0.717) is 0 Å². The molecule has 2 unspecified atom stereocenters. The number of nitrogens with zero attached hydrogens (tertiary/aromatic N) is 1. The van der Waals surface area contributed by atoms with E-state index in [9.17, 15) is 5.11 Å². The van der Waals surface area contributed by atoms with Crippen molar-refractivity contribution in [2.45, 2.75) is 44.3 Å². The van der Waals surface area contributed by atoms with Gasteiger partial charge in [0.25, 0.3) is 0 Å². The SMILES string of the molecule is OCc1ccnc(C2CCCCC2O)c1. The minimum absolute atomic E-state index is 0.0400. The van der Waals surface area contributed by atoms with E-state index in [4.69, 9.17) is 5.11 Å². The van der Waals surface area contributed by atoms with Gasteiger partial charge in [0, 0.05) is 17.8 Å². The molecular weight excluding hydrogens is 190 g/mol. The van der Waals surface area contributed by atoms with Crippen molar-refractivity contribution in [3.8, 4) is 0 Å². The van der Waals surface area contributed by atoms with Crippen LogP contribution >= 0.6 is 0 Å². The molecule has 0 bridgehead atoms. The highest BCUT2D eigenvalue weighted by molar-refractivity contribution is 5.19. The lowest BCUT2D eigenvalue weighted by atomic mass is 9.84. The van der Waals surface area contributed by atoms with E-state index in [0.717, 1.165) is 36.9 Å². The average Bonchev–Trinajstić information content (AvgIpc) is 2.30. The minimum Gasteiger partial charge on any atom is -0.392 e. The van der Waals surface area contributed by atoms with Crippen molar-refractivity contribution in [2.75, 3.05) is 0 Å². The molecule has 1 aromatic rings. The predicted octanol–water partition coefficient (Wildman–Crippen LogP) is 1.59. The Morgan fingerprint density at radius 1 is 1.33 bits per heavy atom. The first-order chi connectivity index (χ1) is 7.31. The fraction of sp³-hybridized carbons (Fsp3) is 0.583. The highest BCUT2D eigenvalue weighted by Crippen LogP contribution is 2.32. The topological polar surface area (TPSA) is 53.4 Å². The zero-order valence-corrected chi connectivity index (χ0v) is 8.76. The molecule has 2 rings (SSSR count). The van der Waals surface area contributed by atoms with Gasteiger partial charge in [-0.05, 0) is 30.5 Å². The van der Waals surface area contributed by atoms with Crippen LogP contribution in [0.15, 0.2) is 18.3 Å². The molecule has 1 aliphatic rings. The van der Waals surface area contributed by atoms with Crippen LogP contribution in [0.2, 0.25) is 0 Å². The summed E-state index contributed by atoms with van der Waals surface area (Å²) in [5.74, 6) is 0.158. The molecule has 15 heavy (non-hydrogen) atoms. The zero-order chi connectivity index (χ0) is 10.7. The number of pyridine rings is 1.